The number of carbonyl (C=O) groups excluding carboxylic acids is 1. The van der Waals surface area contributed by atoms with Crippen LogP contribution in [0.15, 0.2) is 24.3 Å². The van der Waals surface area contributed by atoms with Gasteiger partial charge in [-0.3, -0.25) is 4.79 Å². The third-order valence-electron chi connectivity index (χ3n) is 4.01. The van der Waals surface area contributed by atoms with Gasteiger partial charge in [0.25, 0.3) is 0 Å². The van der Waals surface area contributed by atoms with Gasteiger partial charge in [-0.2, -0.15) is 0 Å². The molecule has 1 aromatic rings. The lowest BCUT2D eigenvalue weighted by Gasteiger charge is -2.30. The molecule has 2 unspecified atom stereocenters. The fourth-order valence-electron chi connectivity index (χ4n) is 2.87. The van der Waals surface area contributed by atoms with Crippen LogP contribution in [-0.2, 0) is 16.0 Å². The average molecular weight is 260 g/mol. The Morgan fingerprint density at radius 3 is 3.11 bits per heavy atom. The number of benzene rings is 1. The zero-order valence-corrected chi connectivity index (χ0v) is 11.2. The third kappa shape index (κ3) is 2.51. The maximum absolute atomic E-state index is 12.5. The molecule has 1 aromatic carbocycles. The van der Waals surface area contributed by atoms with Crippen LogP contribution < -0.4 is 10.6 Å². The second-order valence-corrected chi connectivity index (χ2v) is 5.69. The minimum absolute atomic E-state index is 0.0557. The van der Waals surface area contributed by atoms with Crippen LogP contribution in [0.1, 0.15) is 30.5 Å². The molecule has 0 aliphatic carbocycles. The summed E-state index contributed by atoms with van der Waals surface area (Å²) in [6, 6.07) is 7.94. The number of hydrogen-bond donors (Lipinski definition) is 2. The topological polar surface area (TPSA) is 50.4 Å². The molecule has 0 radical (unpaired) electrons. The third-order valence-corrected chi connectivity index (χ3v) is 4.01. The summed E-state index contributed by atoms with van der Waals surface area (Å²) in [6.45, 7) is 4.23. The lowest BCUT2D eigenvalue weighted by Crippen LogP contribution is -2.51. The van der Waals surface area contributed by atoms with Gasteiger partial charge in [-0.15, -0.1) is 0 Å². The van der Waals surface area contributed by atoms with E-state index in [9.17, 15) is 4.79 Å². The number of fused-ring (bicyclic) bond motifs is 1. The van der Waals surface area contributed by atoms with E-state index in [1.54, 1.807) is 0 Å². The molecule has 102 valence electrons. The van der Waals surface area contributed by atoms with E-state index in [2.05, 4.69) is 16.7 Å². The average Bonchev–Trinajstić information content (AvgIpc) is 2.84. The summed E-state index contributed by atoms with van der Waals surface area (Å²) in [5, 5.41) is 6.45. The fraction of sp³-hybridized carbons (Fsp3) is 0.533. The largest absolute Gasteiger partial charge is 0.379 e. The summed E-state index contributed by atoms with van der Waals surface area (Å²) in [7, 11) is 0. The normalized spacial score (nSPS) is 29.8. The molecule has 1 saturated heterocycles. The molecule has 0 bridgehead atoms. The standard InChI is InChI=1S/C15H20N2O2/c1-15(7-9-19-10-15)17-14(18)13-12-5-3-2-4-11(12)6-8-16-13/h2-5,13,16H,6-10H2,1H3,(H,17,18). The molecule has 3 rings (SSSR count). The number of amides is 1. The summed E-state index contributed by atoms with van der Waals surface area (Å²) in [4.78, 5) is 12.5. The monoisotopic (exact) mass is 260 g/mol. The van der Waals surface area contributed by atoms with Crippen LogP contribution in [0.5, 0.6) is 0 Å². The number of ether oxygens (including phenoxy) is 1. The highest BCUT2D eigenvalue weighted by molar-refractivity contribution is 5.84. The van der Waals surface area contributed by atoms with E-state index in [0.717, 1.165) is 31.6 Å². The van der Waals surface area contributed by atoms with Crippen molar-refractivity contribution >= 4 is 5.91 Å². The van der Waals surface area contributed by atoms with Crippen molar-refractivity contribution in [3.8, 4) is 0 Å². The first-order valence-electron chi connectivity index (χ1n) is 6.89. The molecule has 0 spiro atoms. The van der Waals surface area contributed by atoms with Crippen molar-refractivity contribution in [2.75, 3.05) is 19.8 Å². The summed E-state index contributed by atoms with van der Waals surface area (Å²) in [5.41, 5.74) is 2.16. The Labute approximate surface area is 113 Å². The van der Waals surface area contributed by atoms with Gasteiger partial charge < -0.3 is 15.4 Å². The smallest absolute Gasteiger partial charge is 0.242 e. The second-order valence-electron chi connectivity index (χ2n) is 5.69. The second kappa shape index (κ2) is 4.94. The number of carbonyl (C=O) groups is 1. The van der Waals surface area contributed by atoms with Crippen LogP contribution in [0.25, 0.3) is 0 Å². The first-order chi connectivity index (χ1) is 9.18. The fourth-order valence-corrected chi connectivity index (χ4v) is 2.87. The van der Waals surface area contributed by atoms with Crippen LogP contribution in [0, 0.1) is 0 Å². The number of rotatable bonds is 2. The van der Waals surface area contributed by atoms with E-state index >= 15 is 0 Å². The van der Waals surface area contributed by atoms with Gasteiger partial charge in [0.1, 0.15) is 6.04 Å². The van der Waals surface area contributed by atoms with Crippen LogP contribution >= 0.6 is 0 Å². The van der Waals surface area contributed by atoms with Crippen molar-refractivity contribution in [1.82, 2.24) is 10.6 Å². The number of nitrogens with one attached hydrogen (secondary N) is 2. The molecular formula is C15H20N2O2. The molecule has 1 amide bonds. The Morgan fingerprint density at radius 2 is 2.32 bits per heavy atom. The molecule has 0 saturated carbocycles. The predicted octanol–water partition coefficient (Wildman–Crippen LogP) is 1.17. The highest BCUT2D eigenvalue weighted by atomic mass is 16.5. The van der Waals surface area contributed by atoms with Gasteiger partial charge in [-0.1, -0.05) is 24.3 Å². The minimum atomic E-state index is -0.234. The van der Waals surface area contributed by atoms with Gasteiger partial charge in [-0.25, -0.2) is 0 Å². The Balaban J connectivity index is 1.78. The molecule has 2 aliphatic rings. The van der Waals surface area contributed by atoms with Gasteiger partial charge >= 0.3 is 0 Å². The summed E-state index contributed by atoms with van der Waals surface area (Å²) >= 11 is 0. The molecule has 4 heteroatoms. The summed E-state index contributed by atoms with van der Waals surface area (Å²) in [6.07, 6.45) is 1.87. The molecule has 2 heterocycles. The minimum Gasteiger partial charge on any atom is -0.379 e. The van der Waals surface area contributed by atoms with Crippen molar-refractivity contribution in [3.63, 3.8) is 0 Å². The van der Waals surface area contributed by atoms with Gasteiger partial charge in [0.15, 0.2) is 0 Å². The maximum atomic E-state index is 12.5. The lowest BCUT2D eigenvalue weighted by molar-refractivity contribution is -0.125. The van der Waals surface area contributed by atoms with E-state index in [4.69, 9.17) is 4.74 Å². The van der Waals surface area contributed by atoms with Gasteiger partial charge in [0, 0.05) is 13.2 Å². The quantitative estimate of drug-likeness (QED) is 0.839. The molecular weight excluding hydrogens is 240 g/mol. The van der Waals surface area contributed by atoms with Crippen LogP contribution in [0.4, 0.5) is 0 Å². The van der Waals surface area contributed by atoms with Crippen molar-refractivity contribution in [3.05, 3.63) is 35.4 Å². The zero-order chi connectivity index (χ0) is 13.3. The SMILES string of the molecule is CC1(NC(=O)C2NCCc3ccccc32)CCOC1. The highest BCUT2D eigenvalue weighted by Crippen LogP contribution is 2.25. The zero-order valence-electron chi connectivity index (χ0n) is 11.2. The van der Waals surface area contributed by atoms with Crippen molar-refractivity contribution in [1.29, 1.82) is 0 Å². The van der Waals surface area contributed by atoms with Crippen LogP contribution in [0.3, 0.4) is 0 Å². The predicted molar refractivity (Wildman–Crippen MR) is 72.9 cm³/mol. The lowest BCUT2D eigenvalue weighted by atomic mass is 9.92. The van der Waals surface area contributed by atoms with Gasteiger partial charge in [0.2, 0.25) is 5.91 Å². The maximum Gasteiger partial charge on any atom is 0.242 e. The highest BCUT2D eigenvalue weighted by Gasteiger charge is 2.35. The van der Waals surface area contributed by atoms with E-state index < -0.39 is 0 Å². The van der Waals surface area contributed by atoms with E-state index in [0.29, 0.717) is 6.61 Å². The molecule has 0 aromatic heterocycles. The van der Waals surface area contributed by atoms with Crippen LogP contribution in [0.2, 0.25) is 0 Å². The van der Waals surface area contributed by atoms with E-state index in [1.807, 2.05) is 25.1 Å². The van der Waals surface area contributed by atoms with Crippen molar-refractivity contribution in [2.45, 2.75) is 31.3 Å². The van der Waals surface area contributed by atoms with E-state index in [1.165, 1.54) is 5.56 Å². The molecule has 2 atom stereocenters. The Morgan fingerprint density at radius 1 is 1.47 bits per heavy atom. The van der Waals surface area contributed by atoms with Gasteiger partial charge in [-0.05, 0) is 30.9 Å². The van der Waals surface area contributed by atoms with Crippen molar-refractivity contribution < 1.29 is 9.53 Å². The van der Waals surface area contributed by atoms with Crippen molar-refractivity contribution in [2.24, 2.45) is 0 Å². The molecule has 2 N–H and O–H groups in total. The molecule has 19 heavy (non-hydrogen) atoms. The molecule has 1 fully saturated rings. The Kier molecular flexibility index (Phi) is 3.29. The first-order valence-corrected chi connectivity index (χ1v) is 6.89. The van der Waals surface area contributed by atoms with Gasteiger partial charge in [0.05, 0.1) is 12.1 Å². The Hall–Kier alpha value is -1.39. The Bertz CT molecular complexity index is 481. The summed E-state index contributed by atoms with van der Waals surface area (Å²) < 4.78 is 5.38. The molecule has 2 aliphatic heterocycles. The summed E-state index contributed by atoms with van der Waals surface area (Å²) in [5.74, 6) is 0.0557. The number of hydrogen-bond acceptors (Lipinski definition) is 3. The first kappa shape index (κ1) is 12.6. The molecule has 4 nitrogen and oxygen atoms in total. The van der Waals surface area contributed by atoms with Crippen LogP contribution in [-0.4, -0.2) is 31.2 Å². The van der Waals surface area contributed by atoms with E-state index in [-0.39, 0.29) is 17.5 Å².